The van der Waals surface area contributed by atoms with Gasteiger partial charge in [0, 0.05) is 0 Å². The Hall–Kier alpha value is -1.48. The van der Waals surface area contributed by atoms with E-state index in [1.807, 2.05) is 0 Å². The Balaban J connectivity index is 2.50. The number of hydrogen-bond acceptors (Lipinski definition) is 6. The van der Waals surface area contributed by atoms with Gasteiger partial charge in [0.1, 0.15) is 6.67 Å². The van der Waals surface area contributed by atoms with E-state index >= 15 is 0 Å². The lowest BCUT2D eigenvalue weighted by molar-refractivity contribution is 0.471. The van der Waals surface area contributed by atoms with Crippen LogP contribution in [0.5, 0.6) is 0 Å². The Morgan fingerprint density at radius 1 is 1.62 bits per heavy atom. The van der Waals surface area contributed by atoms with Crippen LogP contribution in [0, 0.1) is 0 Å². The van der Waals surface area contributed by atoms with Crippen molar-refractivity contribution in [2.24, 2.45) is 4.99 Å². The van der Waals surface area contributed by atoms with Crippen LogP contribution in [0.4, 0.5) is 5.95 Å². The smallest absolute Gasteiger partial charge is 0.315 e. The van der Waals surface area contributed by atoms with Crippen LogP contribution in [0.15, 0.2) is 10.1 Å². The Morgan fingerprint density at radius 3 is 3.00 bits per heavy atom. The molecule has 0 aromatic carbocycles. The van der Waals surface area contributed by atoms with E-state index in [9.17, 15) is 8.42 Å². The fourth-order valence-electron chi connectivity index (χ4n) is 0.857. The molecule has 0 atom stereocenters. The van der Waals surface area contributed by atoms with Gasteiger partial charge in [0.25, 0.3) is 5.16 Å². The molecule has 2 N–H and O–H groups in total. The number of rotatable bonds is 1. The summed E-state index contributed by atoms with van der Waals surface area (Å²) < 4.78 is 31.0. The summed E-state index contributed by atoms with van der Waals surface area (Å²) >= 11 is 0. The van der Waals surface area contributed by atoms with E-state index < -0.39 is 15.3 Å². The number of hydrogen-bond donors (Lipinski definition) is 2. The normalized spacial score (nSPS) is 15.2. The molecule has 70 valence electrons. The fourth-order valence-corrected chi connectivity index (χ4v) is 1.26. The predicted octanol–water partition coefficient (Wildman–Crippen LogP) is -1.06. The molecule has 1 aliphatic heterocycles. The molecule has 0 fully saturated rings. The van der Waals surface area contributed by atoms with Crippen LogP contribution in [-0.4, -0.2) is 34.1 Å². The van der Waals surface area contributed by atoms with Gasteiger partial charge in [-0.1, -0.05) is 0 Å². The minimum absolute atomic E-state index is 0.185. The molecule has 0 saturated carbocycles. The van der Waals surface area contributed by atoms with Crippen molar-refractivity contribution in [1.82, 2.24) is 14.8 Å². The summed E-state index contributed by atoms with van der Waals surface area (Å²) in [6.45, 7) is 0.185. The molecule has 1 aromatic rings. The molecule has 2 rings (SSSR count). The first-order valence-corrected chi connectivity index (χ1v) is 4.68. The van der Waals surface area contributed by atoms with E-state index in [0.29, 0.717) is 0 Å². The van der Waals surface area contributed by atoms with E-state index in [1.165, 1.54) is 11.0 Å². The highest BCUT2D eigenvalue weighted by molar-refractivity contribution is 7.85. The monoisotopic (exact) mass is 203 g/mol. The summed E-state index contributed by atoms with van der Waals surface area (Å²) in [6.07, 6.45) is 1.37. The maximum absolute atomic E-state index is 10.6. The maximum Gasteiger partial charge on any atom is 0.332 e. The first kappa shape index (κ1) is 8.13. The first-order chi connectivity index (χ1) is 6.07. The molecule has 1 aliphatic rings. The van der Waals surface area contributed by atoms with Crippen LogP contribution in [0.3, 0.4) is 0 Å². The molecule has 1 aromatic heterocycles. The second-order valence-corrected chi connectivity index (χ2v) is 3.61. The second-order valence-electron chi connectivity index (χ2n) is 2.29. The molecule has 0 amide bonds. The SMILES string of the molecule is O=S(=O)(O)c1nc2n(n1)CN=CN2. The number of nitrogens with one attached hydrogen (secondary N) is 1. The third kappa shape index (κ3) is 1.38. The molecule has 0 bridgehead atoms. The van der Waals surface area contributed by atoms with Crippen LogP contribution in [0.25, 0.3) is 0 Å². The van der Waals surface area contributed by atoms with Gasteiger partial charge in [0.05, 0.1) is 6.34 Å². The Kier molecular flexibility index (Phi) is 1.57. The quantitative estimate of drug-likeness (QED) is 0.563. The van der Waals surface area contributed by atoms with Crippen LogP contribution >= 0.6 is 0 Å². The van der Waals surface area contributed by atoms with Crippen molar-refractivity contribution in [1.29, 1.82) is 0 Å². The Labute approximate surface area is 73.1 Å². The lowest BCUT2D eigenvalue weighted by Crippen LogP contribution is -2.12. The zero-order valence-electron chi connectivity index (χ0n) is 6.25. The Bertz CT molecular complexity index is 435. The lowest BCUT2D eigenvalue weighted by Gasteiger charge is -2.05. The van der Waals surface area contributed by atoms with Gasteiger partial charge >= 0.3 is 10.1 Å². The average molecular weight is 203 g/mol. The summed E-state index contributed by atoms with van der Waals surface area (Å²) in [7, 11) is -4.34. The average Bonchev–Trinajstić information content (AvgIpc) is 2.45. The highest BCUT2D eigenvalue weighted by atomic mass is 32.2. The molecular weight excluding hydrogens is 198 g/mol. The van der Waals surface area contributed by atoms with E-state index in [-0.39, 0.29) is 12.6 Å². The molecule has 0 aliphatic carbocycles. The van der Waals surface area contributed by atoms with Crippen LogP contribution in [0.2, 0.25) is 0 Å². The van der Waals surface area contributed by atoms with E-state index in [4.69, 9.17) is 4.55 Å². The highest BCUT2D eigenvalue weighted by Crippen LogP contribution is 2.10. The summed E-state index contributed by atoms with van der Waals surface area (Å²) in [5.74, 6) is 0.239. The molecule has 9 heteroatoms. The molecular formula is C4H5N5O3S. The second kappa shape index (κ2) is 2.50. The molecule has 8 nitrogen and oxygen atoms in total. The zero-order chi connectivity index (χ0) is 9.47. The maximum atomic E-state index is 10.6. The largest absolute Gasteiger partial charge is 0.332 e. The lowest BCUT2D eigenvalue weighted by atomic mass is 10.8. The molecule has 13 heavy (non-hydrogen) atoms. The minimum atomic E-state index is -4.34. The van der Waals surface area contributed by atoms with Crippen molar-refractivity contribution >= 4 is 22.4 Å². The van der Waals surface area contributed by atoms with Crippen molar-refractivity contribution < 1.29 is 13.0 Å². The Morgan fingerprint density at radius 2 is 2.38 bits per heavy atom. The molecule has 0 radical (unpaired) electrons. The molecule has 0 spiro atoms. The van der Waals surface area contributed by atoms with Gasteiger partial charge in [-0.2, -0.15) is 13.4 Å². The summed E-state index contributed by atoms with van der Waals surface area (Å²) in [6, 6.07) is 0. The predicted molar refractivity (Wildman–Crippen MR) is 42.0 cm³/mol. The van der Waals surface area contributed by atoms with Gasteiger partial charge in [-0.25, -0.2) is 4.68 Å². The zero-order valence-corrected chi connectivity index (χ0v) is 7.06. The number of nitrogens with zero attached hydrogens (tertiary/aromatic N) is 4. The van der Waals surface area contributed by atoms with Gasteiger partial charge in [-0.15, -0.1) is 5.10 Å². The van der Waals surface area contributed by atoms with Gasteiger partial charge in [0.15, 0.2) is 0 Å². The molecule has 0 unspecified atom stereocenters. The van der Waals surface area contributed by atoms with Crippen molar-refractivity contribution in [3.05, 3.63) is 0 Å². The third-order valence-corrected chi connectivity index (χ3v) is 2.02. The van der Waals surface area contributed by atoms with Crippen molar-refractivity contribution in [2.75, 3.05) is 5.32 Å². The number of fused-ring (bicyclic) bond motifs is 1. The molecule has 0 saturated heterocycles. The fraction of sp³-hybridized carbons (Fsp3) is 0.250. The van der Waals surface area contributed by atoms with Crippen LogP contribution in [-0.2, 0) is 16.8 Å². The number of aromatic nitrogens is 3. The van der Waals surface area contributed by atoms with Crippen molar-refractivity contribution in [2.45, 2.75) is 11.8 Å². The summed E-state index contributed by atoms with van der Waals surface area (Å²) in [5.41, 5.74) is 0. The van der Waals surface area contributed by atoms with E-state index in [2.05, 4.69) is 20.4 Å². The van der Waals surface area contributed by atoms with Gasteiger partial charge < -0.3 is 5.32 Å². The van der Waals surface area contributed by atoms with E-state index in [1.54, 1.807) is 0 Å². The van der Waals surface area contributed by atoms with Crippen LogP contribution < -0.4 is 5.32 Å². The molecule has 2 heterocycles. The highest BCUT2D eigenvalue weighted by Gasteiger charge is 2.20. The van der Waals surface area contributed by atoms with Crippen molar-refractivity contribution in [3.8, 4) is 0 Å². The van der Waals surface area contributed by atoms with Crippen molar-refractivity contribution in [3.63, 3.8) is 0 Å². The summed E-state index contributed by atoms with van der Waals surface area (Å²) in [4.78, 5) is 7.30. The van der Waals surface area contributed by atoms with Gasteiger partial charge in [0.2, 0.25) is 5.95 Å². The van der Waals surface area contributed by atoms with Gasteiger partial charge in [-0.3, -0.25) is 9.55 Å². The number of aliphatic imine (C=N–C) groups is 1. The number of anilines is 1. The van der Waals surface area contributed by atoms with Crippen LogP contribution in [0.1, 0.15) is 0 Å². The minimum Gasteiger partial charge on any atom is -0.315 e. The van der Waals surface area contributed by atoms with E-state index in [0.717, 1.165) is 0 Å². The third-order valence-electron chi connectivity index (χ3n) is 1.38. The first-order valence-electron chi connectivity index (χ1n) is 3.24. The summed E-state index contributed by atoms with van der Waals surface area (Å²) in [5, 5.41) is 5.47. The standard InChI is InChI=1S/C4H5N5O3S/c10-13(11,12)4-7-3-6-1-5-2-9(3)8-4/h1H,2H2,(H,10,11,12)(H,5,6,7,8). The van der Waals surface area contributed by atoms with Gasteiger partial charge in [-0.05, 0) is 0 Å². The topological polar surface area (TPSA) is 109 Å².